The van der Waals surface area contributed by atoms with Gasteiger partial charge in [0.05, 0.1) is 31.0 Å². The molecule has 3 aromatic carbocycles. The molecule has 1 aliphatic heterocycles. The molecule has 0 unspecified atom stereocenters. The standard InChI is InChI=1S/C27H29ClFN3O3/c28-22-7-5-20(6-8-22)26-17-31(27(18-34)21-3-1-19(16-30)2-4-21)11-12-32(26)25-10-9-23(15-24(25)29)35-14-13-33/h1-10,15-16,26-27,30,33-34H,11-14,17-18H2/t26-,27+/m0/s1. The summed E-state index contributed by atoms with van der Waals surface area (Å²) in [6, 6.07) is 19.6. The molecule has 1 aliphatic rings. The second-order valence-electron chi connectivity index (χ2n) is 8.45. The fourth-order valence-electron chi connectivity index (χ4n) is 4.57. The van der Waals surface area contributed by atoms with E-state index in [-0.39, 0.29) is 31.9 Å². The zero-order chi connectivity index (χ0) is 24.8. The Kier molecular flexibility index (Phi) is 8.36. The van der Waals surface area contributed by atoms with Crippen LogP contribution >= 0.6 is 11.6 Å². The molecule has 3 N–H and O–H groups in total. The van der Waals surface area contributed by atoms with E-state index in [1.54, 1.807) is 12.1 Å². The molecule has 0 bridgehead atoms. The molecular weight excluding hydrogens is 469 g/mol. The van der Waals surface area contributed by atoms with Gasteiger partial charge in [-0.05, 0) is 41.0 Å². The molecule has 0 spiro atoms. The average molecular weight is 498 g/mol. The van der Waals surface area contributed by atoms with E-state index in [4.69, 9.17) is 26.9 Å². The summed E-state index contributed by atoms with van der Waals surface area (Å²) in [5.41, 5.74) is 3.24. The Labute approximate surface area is 209 Å². The Hall–Kier alpha value is -2.97. The molecule has 0 radical (unpaired) electrons. The van der Waals surface area contributed by atoms with Crippen molar-refractivity contribution >= 4 is 23.5 Å². The number of benzene rings is 3. The normalized spacial score (nSPS) is 17.3. The number of nitrogens with one attached hydrogen (secondary N) is 1. The first kappa shape index (κ1) is 25.1. The Morgan fingerprint density at radius 2 is 1.80 bits per heavy atom. The third-order valence-electron chi connectivity index (χ3n) is 6.36. The summed E-state index contributed by atoms with van der Waals surface area (Å²) in [5, 5.41) is 27.3. The maximum absolute atomic E-state index is 15.2. The van der Waals surface area contributed by atoms with Gasteiger partial charge in [-0.2, -0.15) is 0 Å². The summed E-state index contributed by atoms with van der Waals surface area (Å²) in [5.74, 6) is -0.0236. The number of hydrogen-bond acceptors (Lipinski definition) is 6. The molecule has 1 heterocycles. The van der Waals surface area contributed by atoms with E-state index in [2.05, 4.69) is 4.90 Å². The molecule has 0 saturated carbocycles. The highest BCUT2D eigenvalue weighted by Gasteiger charge is 2.33. The summed E-state index contributed by atoms with van der Waals surface area (Å²) in [6.45, 7) is 1.66. The molecule has 4 rings (SSSR count). The Morgan fingerprint density at radius 3 is 2.43 bits per heavy atom. The summed E-state index contributed by atoms with van der Waals surface area (Å²) >= 11 is 6.13. The van der Waals surface area contributed by atoms with E-state index in [0.29, 0.717) is 36.1 Å². The fraction of sp³-hybridized carbons (Fsp3) is 0.296. The first-order chi connectivity index (χ1) is 17.0. The zero-order valence-electron chi connectivity index (χ0n) is 19.3. The fourth-order valence-corrected chi connectivity index (χ4v) is 4.69. The van der Waals surface area contributed by atoms with Crippen LogP contribution in [0.25, 0.3) is 0 Å². The van der Waals surface area contributed by atoms with Gasteiger partial charge in [0.1, 0.15) is 18.2 Å². The summed E-state index contributed by atoms with van der Waals surface area (Å²) in [7, 11) is 0. The van der Waals surface area contributed by atoms with Crippen LogP contribution in [0.3, 0.4) is 0 Å². The van der Waals surface area contributed by atoms with Crippen LogP contribution in [0.5, 0.6) is 5.75 Å². The number of piperazine rings is 1. The molecule has 6 nitrogen and oxygen atoms in total. The predicted molar refractivity (Wildman–Crippen MR) is 136 cm³/mol. The van der Waals surface area contributed by atoms with Gasteiger partial charge in [-0.25, -0.2) is 4.39 Å². The maximum Gasteiger partial charge on any atom is 0.150 e. The summed E-state index contributed by atoms with van der Waals surface area (Å²) in [6.07, 6.45) is 1.29. The third-order valence-corrected chi connectivity index (χ3v) is 6.61. The number of hydrogen-bond donors (Lipinski definition) is 3. The molecule has 184 valence electrons. The lowest BCUT2D eigenvalue weighted by atomic mass is 9.97. The van der Waals surface area contributed by atoms with Crippen LogP contribution in [-0.2, 0) is 0 Å². The lowest BCUT2D eigenvalue weighted by Gasteiger charge is -2.45. The van der Waals surface area contributed by atoms with Crippen LogP contribution in [0.4, 0.5) is 10.1 Å². The lowest BCUT2D eigenvalue weighted by Crippen LogP contribution is -2.50. The van der Waals surface area contributed by atoms with E-state index >= 15 is 4.39 Å². The van der Waals surface area contributed by atoms with E-state index in [1.165, 1.54) is 12.3 Å². The molecule has 1 fully saturated rings. The number of aliphatic hydroxyl groups is 2. The van der Waals surface area contributed by atoms with Crippen molar-refractivity contribution in [2.24, 2.45) is 0 Å². The minimum absolute atomic E-state index is 0.0530. The second kappa shape index (κ2) is 11.6. The Balaban J connectivity index is 1.64. The molecule has 2 atom stereocenters. The topological polar surface area (TPSA) is 80.0 Å². The molecule has 0 aromatic heterocycles. The Morgan fingerprint density at radius 1 is 1.06 bits per heavy atom. The van der Waals surface area contributed by atoms with Gasteiger partial charge in [-0.1, -0.05) is 48.0 Å². The van der Waals surface area contributed by atoms with Gasteiger partial charge < -0.3 is 25.3 Å². The van der Waals surface area contributed by atoms with Crippen LogP contribution in [0, 0.1) is 11.2 Å². The van der Waals surface area contributed by atoms with Crippen LogP contribution in [0.15, 0.2) is 66.7 Å². The predicted octanol–water partition coefficient (Wildman–Crippen LogP) is 4.44. The minimum Gasteiger partial charge on any atom is -0.491 e. The highest BCUT2D eigenvalue weighted by atomic mass is 35.5. The average Bonchev–Trinajstić information content (AvgIpc) is 2.89. The number of nitrogens with zero attached hydrogens (tertiary/aromatic N) is 2. The van der Waals surface area contributed by atoms with Gasteiger partial charge in [0.15, 0.2) is 0 Å². The van der Waals surface area contributed by atoms with Crippen molar-refractivity contribution in [1.82, 2.24) is 4.90 Å². The number of ether oxygens (including phenoxy) is 1. The first-order valence-electron chi connectivity index (χ1n) is 11.5. The van der Waals surface area contributed by atoms with Crippen molar-refractivity contribution in [2.75, 3.05) is 44.4 Å². The molecule has 8 heteroatoms. The van der Waals surface area contributed by atoms with Crippen LogP contribution in [-0.4, -0.2) is 60.8 Å². The molecule has 0 aliphatic carbocycles. The smallest absolute Gasteiger partial charge is 0.150 e. The largest absolute Gasteiger partial charge is 0.491 e. The highest BCUT2D eigenvalue weighted by molar-refractivity contribution is 6.30. The van der Waals surface area contributed by atoms with Crippen molar-refractivity contribution in [1.29, 1.82) is 5.41 Å². The number of halogens is 2. The van der Waals surface area contributed by atoms with Gasteiger partial charge >= 0.3 is 0 Å². The Bertz CT molecular complexity index is 1130. The number of anilines is 1. The van der Waals surface area contributed by atoms with Crippen molar-refractivity contribution in [2.45, 2.75) is 12.1 Å². The molecule has 1 saturated heterocycles. The van der Waals surface area contributed by atoms with Crippen LogP contribution in [0.2, 0.25) is 5.02 Å². The monoisotopic (exact) mass is 497 g/mol. The lowest BCUT2D eigenvalue weighted by molar-refractivity contribution is 0.103. The summed E-state index contributed by atoms with van der Waals surface area (Å²) < 4.78 is 20.6. The van der Waals surface area contributed by atoms with Crippen molar-refractivity contribution in [3.05, 3.63) is 94.3 Å². The second-order valence-corrected chi connectivity index (χ2v) is 8.89. The third kappa shape index (κ3) is 5.82. The van der Waals surface area contributed by atoms with Crippen molar-refractivity contribution < 1.29 is 19.3 Å². The van der Waals surface area contributed by atoms with Crippen LogP contribution in [0.1, 0.15) is 28.8 Å². The molecular formula is C27H29ClFN3O3. The highest BCUT2D eigenvalue weighted by Crippen LogP contribution is 2.36. The molecule has 3 aromatic rings. The summed E-state index contributed by atoms with van der Waals surface area (Å²) in [4.78, 5) is 4.25. The minimum atomic E-state index is -0.395. The molecule has 35 heavy (non-hydrogen) atoms. The SMILES string of the molecule is N=Cc1ccc([C@@H](CO)N2CCN(c3ccc(OCCO)cc3F)[C@H](c3ccc(Cl)cc3)C2)cc1. The maximum atomic E-state index is 15.2. The molecule has 0 amide bonds. The van der Waals surface area contributed by atoms with Gasteiger partial charge in [-0.15, -0.1) is 0 Å². The van der Waals surface area contributed by atoms with Gasteiger partial charge in [0.25, 0.3) is 0 Å². The van der Waals surface area contributed by atoms with Crippen molar-refractivity contribution in [3.8, 4) is 5.75 Å². The zero-order valence-corrected chi connectivity index (χ0v) is 20.0. The van der Waals surface area contributed by atoms with Crippen molar-refractivity contribution in [3.63, 3.8) is 0 Å². The van der Waals surface area contributed by atoms with E-state index < -0.39 is 5.82 Å². The van der Waals surface area contributed by atoms with E-state index in [1.807, 2.05) is 53.4 Å². The van der Waals surface area contributed by atoms with Gasteiger partial charge in [-0.3, -0.25) is 4.90 Å². The van der Waals surface area contributed by atoms with Gasteiger partial charge in [0.2, 0.25) is 0 Å². The van der Waals surface area contributed by atoms with Crippen LogP contribution < -0.4 is 9.64 Å². The quantitative estimate of drug-likeness (QED) is 0.381. The van der Waals surface area contributed by atoms with Gasteiger partial charge in [0, 0.05) is 36.9 Å². The first-order valence-corrected chi connectivity index (χ1v) is 11.9. The number of aliphatic hydroxyl groups excluding tert-OH is 2. The van der Waals surface area contributed by atoms with E-state index in [9.17, 15) is 5.11 Å². The number of rotatable bonds is 9. The van der Waals surface area contributed by atoms with E-state index in [0.717, 1.165) is 16.7 Å².